The molecule has 184 valence electrons. The zero-order valence-corrected chi connectivity index (χ0v) is 20.5. The van der Waals surface area contributed by atoms with E-state index >= 15 is 0 Å². The highest BCUT2D eigenvalue weighted by atomic mass is 32.2. The number of methoxy groups -OCH3 is 1. The summed E-state index contributed by atoms with van der Waals surface area (Å²) in [6.45, 7) is 1.82. The quantitative estimate of drug-likeness (QED) is 0.499. The lowest BCUT2D eigenvalue weighted by Gasteiger charge is -2.31. The topological polar surface area (TPSA) is 102 Å². The number of anilines is 1. The molecular formula is C26H28N2O6S. The molecule has 2 unspecified atom stereocenters. The number of hydrogen-bond donors (Lipinski definition) is 1. The van der Waals surface area contributed by atoms with Gasteiger partial charge in [-0.1, -0.05) is 30.3 Å². The molecule has 4 rings (SSSR count). The van der Waals surface area contributed by atoms with Crippen LogP contribution in [0.2, 0.25) is 0 Å². The lowest BCUT2D eigenvalue weighted by atomic mass is 10.00. The van der Waals surface area contributed by atoms with Crippen molar-refractivity contribution in [1.82, 2.24) is 4.31 Å². The van der Waals surface area contributed by atoms with Gasteiger partial charge in [-0.25, -0.2) is 8.42 Å². The molecule has 1 N–H and O–H groups in total. The number of ether oxygens (including phenoxy) is 2. The van der Waals surface area contributed by atoms with Gasteiger partial charge in [0.25, 0.3) is 5.91 Å². The molecule has 3 aromatic rings. The average Bonchev–Trinajstić information content (AvgIpc) is 2.88. The Morgan fingerprint density at radius 2 is 1.74 bits per heavy atom. The van der Waals surface area contributed by atoms with Crippen molar-refractivity contribution in [3.8, 4) is 5.75 Å². The summed E-state index contributed by atoms with van der Waals surface area (Å²) >= 11 is 0. The molecule has 1 saturated heterocycles. The summed E-state index contributed by atoms with van der Waals surface area (Å²) in [5.41, 5.74) is 0.603. The van der Waals surface area contributed by atoms with E-state index in [2.05, 4.69) is 5.32 Å². The first-order chi connectivity index (χ1) is 16.8. The molecule has 0 spiro atoms. The van der Waals surface area contributed by atoms with Crippen LogP contribution in [0.1, 0.15) is 19.8 Å². The number of nitrogens with zero attached hydrogens (tertiary/aromatic N) is 1. The minimum Gasteiger partial charge on any atom is -0.497 e. The van der Waals surface area contributed by atoms with Crippen LogP contribution in [-0.4, -0.2) is 50.9 Å². The number of benzene rings is 3. The van der Waals surface area contributed by atoms with Gasteiger partial charge in [-0.2, -0.15) is 4.31 Å². The van der Waals surface area contributed by atoms with Crippen molar-refractivity contribution in [3.05, 3.63) is 66.7 Å². The number of hydrogen-bond acceptors (Lipinski definition) is 6. The van der Waals surface area contributed by atoms with Crippen molar-refractivity contribution in [2.75, 3.05) is 25.5 Å². The molecule has 1 aliphatic rings. The molecule has 2 atom stereocenters. The van der Waals surface area contributed by atoms with Crippen LogP contribution in [-0.2, 0) is 24.3 Å². The van der Waals surface area contributed by atoms with Crippen molar-refractivity contribution in [2.45, 2.75) is 30.8 Å². The Labute approximate surface area is 204 Å². The highest BCUT2D eigenvalue weighted by molar-refractivity contribution is 7.89. The molecular weight excluding hydrogens is 468 g/mol. The maximum absolute atomic E-state index is 13.1. The summed E-state index contributed by atoms with van der Waals surface area (Å²) in [5.74, 6) is -1.12. The maximum Gasteiger partial charge on any atom is 0.311 e. The van der Waals surface area contributed by atoms with Crippen molar-refractivity contribution in [1.29, 1.82) is 0 Å². The second kappa shape index (κ2) is 10.5. The molecule has 8 nitrogen and oxygen atoms in total. The summed E-state index contributed by atoms with van der Waals surface area (Å²) in [6.07, 6.45) is -0.0122. The van der Waals surface area contributed by atoms with Gasteiger partial charge in [0.05, 0.1) is 17.9 Å². The molecule has 35 heavy (non-hydrogen) atoms. The van der Waals surface area contributed by atoms with E-state index in [-0.39, 0.29) is 11.4 Å². The van der Waals surface area contributed by atoms with Gasteiger partial charge in [-0.15, -0.1) is 0 Å². The van der Waals surface area contributed by atoms with Gasteiger partial charge >= 0.3 is 5.97 Å². The van der Waals surface area contributed by atoms with E-state index in [1.54, 1.807) is 18.2 Å². The molecule has 3 aromatic carbocycles. The van der Waals surface area contributed by atoms with Crippen LogP contribution >= 0.6 is 0 Å². The predicted octanol–water partition coefficient (Wildman–Crippen LogP) is 3.82. The Balaban J connectivity index is 1.37. The standard InChI is InChI=1S/C26H28N2O6S/c1-18(25(29)27-22-10-9-19-6-3-4-7-20(19)16-22)34-26(30)21-8-5-15-28(17-21)35(31,32)24-13-11-23(33-2)12-14-24/h3-4,6-7,9-14,16,18,21H,5,8,15,17H2,1-2H3,(H,27,29). The zero-order valence-electron chi connectivity index (χ0n) is 19.6. The molecule has 0 aliphatic carbocycles. The fourth-order valence-electron chi connectivity index (χ4n) is 4.08. The fourth-order valence-corrected chi connectivity index (χ4v) is 5.61. The third-order valence-corrected chi connectivity index (χ3v) is 7.97. The number of nitrogens with one attached hydrogen (secondary N) is 1. The van der Waals surface area contributed by atoms with Crippen molar-refractivity contribution in [3.63, 3.8) is 0 Å². The third-order valence-electron chi connectivity index (χ3n) is 6.09. The van der Waals surface area contributed by atoms with E-state index in [0.29, 0.717) is 30.8 Å². The molecule has 1 amide bonds. The van der Waals surface area contributed by atoms with Crippen LogP contribution in [0.3, 0.4) is 0 Å². The van der Waals surface area contributed by atoms with E-state index in [9.17, 15) is 18.0 Å². The van der Waals surface area contributed by atoms with Gasteiger partial charge in [-0.05, 0) is 66.9 Å². The number of fused-ring (bicyclic) bond motifs is 1. The summed E-state index contributed by atoms with van der Waals surface area (Å²) < 4.78 is 37.9. The first-order valence-electron chi connectivity index (χ1n) is 11.4. The minimum absolute atomic E-state index is 0.00616. The monoisotopic (exact) mass is 496 g/mol. The summed E-state index contributed by atoms with van der Waals surface area (Å²) in [4.78, 5) is 25.5. The van der Waals surface area contributed by atoms with Crippen LogP contribution in [0.15, 0.2) is 71.6 Å². The van der Waals surface area contributed by atoms with E-state index in [0.717, 1.165) is 10.8 Å². The minimum atomic E-state index is -3.77. The molecule has 1 heterocycles. The Morgan fingerprint density at radius 1 is 1.03 bits per heavy atom. The van der Waals surface area contributed by atoms with Gasteiger partial charge in [0.15, 0.2) is 6.10 Å². The Bertz CT molecular complexity index is 1320. The van der Waals surface area contributed by atoms with Gasteiger partial charge in [0.2, 0.25) is 10.0 Å². The number of esters is 1. The van der Waals surface area contributed by atoms with E-state index in [4.69, 9.17) is 9.47 Å². The first-order valence-corrected chi connectivity index (χ1v) is 12.9. The normalized spacial score (nSPS) is 17.5. The Hall–Kier alpha value is -3.43. The SMILES string of the molecule is COc1ccc(S(=O)(=O)N2CCCC(C(=O)OC(C)C(=O)Nc3ccc4ccccc4c3)C2)cc1. The van der Waals surface area contributed by atoms with E-state index in [1.807, 2.05) is 36.4 Å². The zero-order chi connectivity index (χ0) is 25.0. The van der Waals surface area contributed by atoms with Crippen molar-refractivity contribution >= 4 is 38.4 Å². The number of carbonyl (C=O) groups is 2. The molecule has 0 aromatic heterocycles. The van der Waals surface area contributed by atoms with Crippen molar-refractivity contribution < 1.29 is 27.5 Å². The highest BCUT2D eigenvalue weighted by Gasteiger charge is 2.35. The summed E-state index contributed by atoms with van der Waals surface area (Å²) in [7, 11) is -2.26. The summed E-state index contributed by atoms with van der Waals surface area (Å²) in [5, 5.41) is 4.81. The number of piperidine rings is 1. The van der Waals surface area contributed by atoms with Gasteiger partial charge < -0.3 is 14.8 Å². The first kappa shape index (κ1) is 24.7. The molecule has 9 heteroatoms. The van der Waals surface area contributed by atoms with E-state index in [1.165, 1.54) is 30.5 Å². The van der Waals surface area contributed by atoms with Gasteiger partial charge in [-0.3, -0.25) is 9.59 Å². The number of carbonyl (C=O) groups excluding carboxylic acids is 2. The average molecular weight is 497 g/mol. The maximum atomic E-state index is 13.1. The molecule has 1 fully saturated rings. The largest absolute Gasteiger partial charge is 0.497 e. The second-order valence-electron chi connectivity index (χ2n) is 8.51. The smallest absolute Gasteiger partial charge is 0.311 e. The Kier molecular flexibility index (Phi) is 7.37. The lowest BCUT2D eigenvalue weighted by molar-refractivity contribution is -0.158. The predicted molar refractivity (Wildman–Crippen MR) is 133 cm³/mol. The van der Waals surface area contributed by atoms with Crippen LogP contribution in [0.4, 0.5) is 5.69 Å². The van der Waals surface area contributed by atoms with Crippen LogP contribution < -0.4 is 10.1 Å². The van der Waals surface area contributed by atoms with Crippen LogP contribution in [0, 0.1) is 5.92 Å². The Morgan fingerprint density at radius 3 is 2.46 bits per heavy atom. The summed E-state index contributed by atoms with van der Waals surface area (Å²) in [6, 6.07) is 19.5. The molecule has 0 saturated carbocycles. The number of amides is 1. The molecule has 0 bridgehead atoms. The lowest BCUT2D eigenvalue weighted by Crippen LogP contribution is -2.43. The number of rotatable bonds is 7. The molecule has 1 aliphatic heterocycles. The van der Waals surface area contributed by atoms with Gasteiger partial charge in [0.1, 0.15) is 5.75 Å². The van der Waals surface area contributed by atoms with Gasteiger partial charge in [0, 0.05) is 18.8 Å². The van der Waals surface area contributed by atoms with E-state index < -0.39 is 33.9 Å². The van der Waals surface area contributed by atoms with Crippen molar-refractivity contribution in [2.24, 2.45) is 5.92 Å². The fraction of sp³-hybridized carbons (Fsp3) is 0.308. The van der Waals surface area contributed by atoms with Crippen LogP contribution in [0.5, 0.6) is 5.75 Å². The molecule has 0 radical (unpaired) electrons. The van der Waals surface area contributed by atoms with Crippen LogP contribution in [0.25, 0.3) is 10.8 Å². The highest BCUT2D eigenvalue weighted by Crippen LogP contribution is 2.26. The second-order valence-corrected chi connectivity index (χ2v) is 10.4. The third kappa shape index (κ3) is 5.63. The number of sulfonamides is 1.